The Labute approximate surface area is 220 Å². The summed E-state index contributed by atoms with van der Waals surface area (Å²) in [6.07, 6.45) is -0.573. The van der Waals surface area contributed by atoms with E-state index in [1.807, 2.05) is 13.2 Å². The third kappa shape index (κ3) is 7.57. The van der Waals surface area contributed by atoms with Crippen molar-refractivity contribution in [1.82, 2.24) is 19.4 Å². The van der Waals surface area contributed by atoms with Gasteiger partial charge in [0.05, 0.1) is 25.1 Å². The van der Waals surface area contributed by atoms with E-state index in [9.17, 15) is 23.1 Å². The first kappa shape index (κ1) is 29.2. The number of hydrogen-bond acceptors (Lipinski definition) is 9. The normalized spacial score (nSPS) is 20.8. The number of alkyl halides is 3. The predicted molar refractivity (Wildman–Crippen MR) is 134 cm³/mol. The highest BCUT2D eigenvalue weighted by molar-refractivity contribution is 8.76. The number of nitrogens with zero attached hydrogens (tertiary/aromatic N) is 6. The van der Waals surface area contributed by atoms with Gasteiger partial charge in [-0.05, 0) is 13.2 Å². The van der Waals surface area contributed by atoms with E-state index in [-0.39, 0.29) is 30.4 Å². The zero-order valence-electron chi connectivity index (χ0n) is 20.7. The highest BCUT2D eigenvalue weighted by Gasteiger charge is 2.41. The zero-order valence-corrected chi connectivity index (χ0v) is 22.3. The van der Waals surface area contributed by atoms with E-state index in [0.717, 1.165) is 0 Å². The van der Waals surface area contributed by atoms with Gasteiger partial charge in [0.1, 0.15) is 11.5 Å². The molecule has 37 heavy (non-hydrogen) atoms. The van der Waals surface area contributed by atoms with E-state index in [0.29, 0.717) is 17.6 Å². The highest BCUT2D eigenvalue weighted by atomic mass is 33.1. The second kappa shape index (κ2) is 12.9. The van der Waals surface area contributed by atoms with Gasteiger partial charge in [-0.3, -0.25) is 4.79 Å². The maximum absolute atomic E-state index is 12.5. The average molecular weight is 562 g/mol. The van der Waals surface area contributed by atoms with Crippen LogP contribution in [0.2, 0.25) is 0 Å². The summed E-state index contributed by atoms with van der Waals surface area (Å²) in [5.41, 5.74) is 0.716. The number of ether oxygens (including phenoxy) is 2. The van der Waals surface area contributed by atoms with Crippen LogP contribution < -0.4 is 4.57 Å². The van der Waals surface area contributed by atoms with Crippen molar-refractivity contribution in [3.8, 4) is 12.0 Å². The summed E-state index contributed by atoms with van der Waals surface area (Å²) < 4.78 is 52.8. The molecule has 0 bridgehead atoms. The van der Waals surface area contributed by atoms with Crippen molar-refractivity contribution in [3.63, 3.8) is 0 Å². The summed E-state index contributed by atoms with van der Waals surface area (Å²) in [4.78, 5) is 25.8. The number of aromatic nitrogens is 4. The minimum absolute atomic E-state index is 0.123. The highest BCUT2D eigenvalue weighted by Crippen LogP contribution is 2.33. The molecule has 1 unspecified atom stereocenters. The summed E-state index contributed by atoms with van der Waals surface area (Å²) >= 11 is 0. The van der Waals surface area contributed by atoms with Crippen LogP contribution in [0, 0.1) is 12.0 Å². The Morgan fingerprint density at radius 2 is 2.24 bits per heavy atom. The van der Waals surface area contributed by atoms with Gasteiger partial charge in [-0.25, -0.2) is 9.56 Å². The van der Waals surface area contributed by atoms with Gasteiger partial charge in [0.25, 0.3) is 0 Å². The summed E-state index contributed by atoms with van der Waals surface area (Å²) in [5, 5.41) is 9.86. The van der Waals surface area contributed by atoms with Crippen LogP contribution in [-0.4, -0.2) is 87.4 Å². The van der Waals surface area contributed by atoms with Crippen LogP contribution in [0.5, 0.6) is 0 Å². The number of fused-ring (bicyclic) bond motifs is 1. The lowest BCUT2D eigenvalue weighted by Crippen LogP contribution is -2.39. The molecule has 0 saturated carbocycles. The van der Waals surface area contributed by atoms with Crippen LogP contribution in [0.1, 0.15) is 32.4 Å². The molecule has 1 saturated heterocycles. The number of aliphatic hydroxyl groups excluding tert-OH is 1. The molecule has 0 radical (unpaired) electrons. The van der Waals surface area contributed by atoms with Gasteiger partial charge in [0.2, 0.25) is 23.4 Å². The number of hydrogen-bond donors (Lipinski definition) is 1. The van der Waals surface area contributed by atoms with E-state index in [1.54, 1.807) is 57.8 Å². The lowest BCUT2D eigenvalue weighted by molar-refractivity contribution is -0.739. The van der Waals surface area contributed by atoms with Gasteiger partial charge in [-0.2, -0.15) is 22.7 Å². The van der Waals surface area contributed by atoms with E-state index >= 15 is 0 Å². The topological polar surface area (TPSA) is 106 Å². The average Bonchev–Trinajstić information content (AvgIpc) is 3.41. The molecule has 2 aromatic heterocycles. The Balaban J connectivity index is 1.96. The van der Waals surface area contributed by atoms with Crippen molar-refractivity contribution in [2.75, 3.05) is 27.0 Å². The molecule has 2 aromatic rings. The second-order valence-corrected chi connectivity index (χ2v) is 11.0. The molecule has 3 heterocycles. The Bertz CT molecular complexity index is 1180. The molecule has 0 aliphatic carbocycles. The van der Waals surface area contributed by atoms with Crippen molar-refractivity contribution in [2.24, 2.45) is 4.99 Å². The lowest BCUT2D eigenvalue weighted by Gasteiger charge is -2.20. The van der Waals surface area contributed by atoms with Crippen molar-refractivity contribution in [3.05, 3.63) is 12.7 Å². The molecule has 0 aromatic carbocycles. The van der Waals surface area contributed by atoms with Crippen LogP contribution in [-0.2, 0) is 14.3 Å². The Hall–Kier alpha value is -2.38. The molecule has 15 heteroatoms. The quantitative estimate of drug-likeness (QED) is 0.117. The second-order valence-electron chi connectivity index (χ2n) is 8.23. The molecule has 202 valence electrons. The fourth-order valence-corrected chi connectivity index (χ4v) is 5.01. The van der Waals surface area contributed by atoms with E-state index < -0.39 is 30.7 Å². The minimum atomic E-state index is -4.89. The van der Waals surface area contributed by atoms with Crippen molar-refractivity contribution in [1.29, 1.82) is 0 Å². The number of halogens is 3. The number of imidazole rings is 1. The molecule has 1 aliphatic heterocycles. The lowest BCUT2D eigenvalue weighted by atomic mass is 10.2. The van der Waals surface area contributed by atoms with Crippen LogP contribution in [0.25, 0.3) is 11.2 Å². The summed E-state index contributed by atoms with van der Waals surface area (Å²) in [6, 6.07) is 2.77. The van der Waals surface area contributed by atoms with Crippen molar-refractivity contribution < 1.29 is 37.1 Å². The number of aliphatic hydroxyl groups is 1. The maximum atomic E-state index is 12.5. The maximum Gasteiger partial charge on any atom is 0.450 e. The van der Waals surface area contributed by atoms with Crippen molar-refractivity contribution in [2.45, 2.75) is 56.2 Å². The molecule has 4 atom stereocenters. The SMILES string of the molecule is CSS[C@H](C)OC1C[C@H]([n+]2cn(C#CCCC(=O)C(F)(F)F)c3c(N=CN(C)C)ncnc32)O[C@@H]1CO. The predicted octanol–water partition coefficient (Wildman–Crippen LogP) is 2.68. The number of ketones is 1. The molecule has 0 amide bonds. The van der Waals surface area contributed by atoms with Gasteiger partial charge < -0.3 is 19.5 Å². The molecule has 1 fully saturated rings. The first-order chi connectivity index (χ1) is 17.5. The third-order valence-corrected chi connectivity index (χ3v) is 7.15. The molecule has 10 nitrogen and oxygen atoms in total. The molecular formula is C22H28F3N6O4S2+. The monoisotopic (exact) mass is 561 g/mol. The molecule has 1 aliphatic rings. The summed E-state index contributed by atoms with van der Waals surface area (Å²) in [6.45, 7) is 1.68. The largest absolute Gasteiger partial charge is 0.450 e. The van der Waals surface area contributed by atoms with E-state index in [1.165, 1.54) is 10.9 Å². The fourth-order valence-electron chi connectivity index (χ4n) is 3.60. The number of Topliss-reactive ketones (excluding diaryl/α,β-unsaturated/α-hetero) is 1. The number of carbonyl (C=O) groups excluding carboxylic acids is 1. The zero-order chi connectivity index (χ0) is 27.2. The van der Waals surface area contributed by atoms with Crippen LogP contribution >= 0.6 is 21.6 Å². The van der Waals surface area contributed by atoms with Gasteiger partial charge in [-0.15, -0.1) is 0 Å². The first-order valence-electron chi connectivity index (χ1n) is 11.2. The Kier molecular flexibility index (Phi) is 10.2. The smallest absolute Gasteiger partial charge is 0.394 e. The van der Waals surface area contributed by atoms with Gasteiger partial charge in [0.15, 0.2) is 12.6 Å². The molecule has 1 N–H and O–H groups in total. The fraction of sp³-hybridized carbons (Fsp3) is 0.591. The van der Waals surface area contributed by atoms with Gasteiger partial charge in [-0.1, -0.05) is 32.5 Å². The van der Waals surface area contributed by atoms with E-state index in [4.69, 9.17) is 9.47 Å². The third-order valence-electron chi connectivity index (χ3n) is 5.18. The Morgan fingerprint density at radius 3 is 2.89 bits per heavy atom. The summed E-state index contributed by atoms with van der Waals surface area (Å²) in [7, 11) is 6.70. The Morgan fingerprint density at radius 1 is 1.49 bits per heavy atom. The minimum Gasteiger partial charge on any atom is -0.394 e. The first-order valence-corrected chi connectivity index (χ1v) is 13.8. The number of carbonyl (C=O) groups is 1. The number of rotatable bonds is 10. The number of aliphatic imine (C=N–C) groups is 1. The van der Waals surface area contributed by atoms with Crippen LogP contribution in [0.15, 0.2) is 17.6 Å². The summed E-state index contributed by atoms with van der Waals surface area (Å²) in [5.74, 6) is 1.07. The molecular weight excluding hydrogens is 533 g/mol. The van der Waals surface area contributed by atoms with E-state index in [2.05, 4.69) is 26.9 Å². The van der Waals surface area contributed by atoms with Gasteiger partial charge in [0, 0.05) is 33.4 Å². The van der Waals surface area contributed by atoms with Crippen molar-refractivity contribution >= 4 is 50.7 Å². The molecule has 0 spiro atoms. The standard InChI is InChI=1S/C22H28F3N6O4S2/c1-14(37-36-4)34-15-9-18(35-16(15)10-32)31-13-30(8-6-5-7-17(33)22(23,24)25)19-20(28-12-29(2)3)26-11-27-21(19)31/h11-16,18,32H,5,7,9-10H2,1-4H3/q+1/t14-,15?,16-,18-/m1/s1. The molecule has 3 rings (SSSR count). The van der Waals surface area contributed by atoms with Crippen LogP contribution in [0.3, 0.4) is 0 Å². The van der Waals surface area contributed by atoms with Gasteiger partial charge >= 0.3 is 11.8 Å². The van der Waals surface area contributed by atoms with Crippen LogP contribution in [0.4, 0.5) is 19.0 Å².